The standard InChI is InChI=1S/C20H21N3O3/c1-23(2)19(24)16-12-10-15(11-13-16)7-6-14-21-20(25)22-17-8-4-5-9-18(17)26-3/h4-5,8-13H,14H2,1-3H3,(H2,21,22,25). The van der Waals surface area contributed by atoms with E-state index in [2.05, 4.69) is 22.5 Å². The fourth-order valence-electron chi connectivity index (χ4n) is 2.14. The van der Waals surface area contributed by atoms with Crippen LogP contribution in [0.3, 0.4) is 0 Å². The number of nitrogens with zero attached hydrogens (tertiary/aromatic N) is 1. The van der Waals surface area contributed by atoms with E-state index < -0.39 is 0 Å². The summed E-state index contributed by atoms with van der Waals surface area (Å²) >= 11 is 0. The van der Waals surface area contributed by atoms with Gasteiger partial charge in [0.05, 0.1) is 19.3 Å². The van der Waals surface area contributed by atoms with Crippen molar-refractivity contribution < 1.29 is 14.3 Å². The maximum absolute atomic E-state index is 11.9. The molecule has 0 saturated heterocycles. The summed E-state index contributed by atoms with van der Waals surface area (Å²) in [4.78, 5) is 25.2. The minimum atomic E-state index is -0.365. The van der Waals surface area contributed by atoms with Crippen molar-refractivity contribution in [1.82, 2.24) is 10.2 Å². The van der Waals surface area contributed by atoms with Gasteiger partial charge in [-0.05, 0) is 36.4 Å². The van der Waals surface area contributed by atoms with Gasteiger partial charge in [0.1, 0.15) is 5.75 Å². The molecule has 6 nitrogen and oxygen atoms in total. The third-order valence-electron chi connectivity index (χ3n) is 3.46. The zero-order valence-electron chi connectivity index (χ0n) is 15.0. The van der Waals surface area contributed by atoms with E-state index in [9.17, 15) is 9.59 Å². The Kier molecular flexibility index (Phi) is 6.63. The molecule has 2 N–H and O–H groups in total. The summed E-state index contributed by atoms with van der Waals surface area (Å²) in [6.45, 7) is 0.194. The van der Waals surface area contributed by atoms with E-state index in [1.807, 2.05) is 12.1 Å². The van der Waals surface area contributed by atoms with E-state index >= 15 is 0 Å². The maximum Gasteiger partial charge on any atom is 0.320 e. The summed E-state index contributed by atoms with van der Waals surface area (Å²) in [5.74, 6) is 6.34. The Morgan fingerprint density at radius 3 is 2.42 bits per heavy atom. The molecule has 0 fully saturated rings. The van der Waals surface area contributed by atoms with Crippen molar-refractivity contribution in [3.05, 3.63) is 59.7 Å². The van der Waals surface area contributed by atoms with Crippen LogP contribution in [0.25, 0.3) is 0 Å². The number of ether oxygens (including phenoxy) is 1. The summed E-state index contributed by atoms with van der Waals surface area (Å²) < 4.78 is 5.17. The number of carbonyl (C=O) groups is 2. The normalized spacial score (nSPS) is 9.50. The molecule has 0 aliphatic rings. The number of benzene rings is 2. The van der Waals surface area contributed by atoms with Gasteiger partial charge >= 0.3 is 6.03 Å². The van der Waals surface area contributed by atoms with Gasteiger partial charge in [-0.1, -0.05) is 24.0 Å². The first-order valence-electron chi connectivity index (χ1n) is 7.99. The predicted octanol–water partition coefficient (Wildman–Crippen LogP) is 2.57. The molecule has 6 heteroatoms. The van der Waals surface area contributed by atoms with Gasteiger partial charge in [-0.15, -0.1) is 0 Å². The van der Waals surface area contributed by atoms with E-state index in [0.717, 1.165) is 5.56 Å². The Balaban J connectivity index is 1.86. The molecule has 134 valence electrons. The lowest BCUT2D eigenvalue weighted by Gasteiger charge is -2.09. The number of hydrogen-bond acceptors (Lipinski definition) is 3. The number of nitrogens with one attached hydrogen (secondary N) is 2. The van der Waals surface area contributed by atoms with Crippen LogP contribution in [0, 0.1) is 11.8 Å². The first kappa shape index (κ1) is 18.9. The van der Waals surface area contributed by atoms with Crippen LogP contribution in [0.2, 0.25) is 0 Å². The molecule has 0 aliphatic carbocycles. The zero-order chi connectivity index (χ0) is 18.9. The second-order valence-electron chi connectivity index (χ2n) is 5.59. The minimum absolute atomic E-state index is 0.0563. The monoisotopic (exact) mass is 351 g/mol. The molecule has 0 spiro atoms. The molecular formula is C20H21N3O3. The molecule has 0 aliphatic heterocycles. The number of hydrogen-bond donors (Lipinski definition) is 2. The fraction of sp³-hybridized carbons (Fsp3) is 0.200. The predicted molar refractivity (Wildman–Crippen MR) is 101 cm³/mol. The molecule has 2 aromatic rings. The minimum Gasteiger partial charge on any atom is -0.495 e. The molecule has 3 amide bonds. The highest BCUT2D eigenvalue weighted by Crippen LogP contribution is 2.22. The van der Waals surface area contributed by atoms with Crippen molar-refractivity contribution in [2.24, 2.45) is 0 Å². The molecule has 2 aromatic carbocycles. The van der Waals surface area contributed by atoms with E-state index in [0.29, 0.717) is 17.0 Å². The van der Waals surface area contributed by atoms with Gasteiger partial charge in [-0.2, -0.15) is 0 Å². The van der Waals surface area contributed by atoms with E-state index in [1.54, 1.807) is 57.6 Å². The molecule has 0 aromatic heterocycles. The third-order valence-corrected chi connectivity index (χ3v) is 3.46. The van der Waals surface area contributed by atoms with Crippen molar-refractivity contribution in [1.29, 1.82) is 0 Å². The number of amides is 3. The van der Waals surface area contributed by atoms with Gasteiger partial charge in [0.15, 0.2) is 0 Å². The number of rotatable bonds is 4. The van der Waals surface area contributed by atoms with Gasteiger partial charge in [0.25, 0.3) is 5.91 Å². The van der Waals surface area contributed by atoms with Crippen molar-refractivity contribution in [2.75, 3.05) is 33.1 Å². The highest BCUT2D eigenvalue weighted by molar-refractivity contribution is 5.94. The summed E-state index contributed by atoms with van der Waals surface area (Å²) in [7, 11) is 4.96. The Bertz CT molecular complexity index is 833. The largest absolute Gasteiger partial charge is 0.495 e. The van der Waals surface area contributed by atoms with Crippen LogP contribution >= 0.6 is 0 Å². The fourth-order valence-corrected chi connectivity index (χ4v) is 2.14. The lowest BCUT2D eigenvalue weighted by atomic mass is 10.1. The maximum atomic E-state index is 11.9. The molecule has 0 unspecified atom stereocenters. The quantitative estimate of drug-likeness (QED) is 0.832. The topological polar surface area (TPSA) is 70.7 Å². The zero-order valence-corrected chi connectivity index (χ0v) is 15.0. The van der Waals surface area contributed by atoms with Crippen molar-refractivity contribution in [2.45, 2.75) is 0 Å². The van der Waals surface area contributed by atoms with E-state index in [-0.39, 0.29) is 18.5 Å². The first-order valence-corrected chi connectivity index (χ1v) is 7.99. The number of carbonyl (C=O) groups excluding carboxylic acids is 2. The number of anilines is 1. The second-order valence-corrected chi connectivity index (χ2v) is 5.59. The van der Waals surface area contributed by atoms with Crippen LogP contribution in [-0.2, 0) is 0 Å². The van der Waals surface area contributed by atoms with E-state index in [4.69, 9.17) is 4.74 Å². The first-order chi connectivity index (χ1) is 12.5. The SMILES string of the molecule is COc1ccccc1NC(=O)NCC#Cc1ccc(C(=O)N(C)C)cc1. The van der Waals surface area contributed by atoms with Crippen molar-refractivity contribution >= 4 is 17.6 Å². The van der Waals surface area contributed by atoms with Crippen LogP contribution in [0.4, 0.5) is 10.5 Å². The molecule has 26 heavy (non-hydrogen) atoms. The molecule has 0 bridgehead atoms. The summed E-state index contributed by atoms with van der Waals surface area (Å²) in [6, 6.07) is 13.8. The summed E-state index contributed by atoms with van der Waals surface area (Å²) in [5, 5.41) is 5.36. The molecule has 0 atom stereocenters. The highest BCUT2D eigenvalue weighted by atomic mass is 16.5. The van der Waals surface area contributed by atoms with Crippen LogP contribution in [-0.4, -0.2) is 44.6 Å². The molecule has 2 rings (SSSR count). The second kappa shape index (κ2) is 9.14. The number of methoxy groups -OCH3 is 1. The summed E-state index contributed by atoms with van der Waals surface area (Å²) in [5.41, 5.74) is 1.96. The molecule has 0 heterocycles. The van der Waals surface area contributed by atoms with E-state index in [1.165, 1.54) is 4.90 Å². The lowest BCUT2D eigenvalue weighted by Crippen LogP contribution is -2.29. The molecular weight excluding hydrogens is 330 g/mol. The molecule has 0 radical (unpaired) electrons. The number of para-hydroxylation sites is 2. The van der Waals surface area contributed by atoms with Gasteiger partial charge in [-0.3, -0.25) is 4.79 Å². The van der Waals surface area contributed by atoms with Crippen LogP contribution in [0.5, 0.6) is 5.75 Å². The van der Waals surface area contributed by atoms with Crippen molar-refractivity contribution in [3.63, 3.8) is 0 Å². The van der Waals surface area contributed by atoms with Crippen LogP contribution in [0.1, 0.15) is 15.9 Å². The average Bonchev–Trinajstić information content (AvgIpc) is 2.65. The van der Waals surface area contributed by atoms with Crippen LogP contribution < -0.4 is 15.4 Å². The molecule has 0 saturated carbocycles. The third kappa shape index (κ3) is 5.28. The lowest BCUT2D eigenvalue weighted by molar-refractivity contribution is 0.0827. The Hall–Kier alpha value is -3.46. The Morgan fingerprint density at radius 1 is 1.08 bits per heavy atom. The average molecular weight is 351 g/mol. The van der Waals surface area contributed by atoms with Gasteiger partial charge in [0.2, 0.25) is 0 Å². The van der Waals surface area contributed by atoms with Crippen molar-refractivity contribution in [3.8, 4) is 17.6 Å². The highest BCUT2D eigenvalue weighted by Gasteiger charge is 2.07. The van der Waals surface area contributed by atoms with Crippen LogP contribution in [0.15, 0.2) is 48.5 Å². The van der Waals surface area contributed by atoms with Gasteiger partial charge < -0.3 is 20.3 Å². The smallest absolute Gasteiger partial charge is 0.320 e. The van der Waals surface area contributed by atoms with Gasteiger partial charge in [0, 0.05) is 25.2 Å². The number of urea groups is 1. The Morgan fingerprint density at radius 2 is 1.77 bits per heavy atom. The summed E-state index contributed by atoms with van der Waals surface area (Å²) in [6.07, 6.45) is 0. The Labute approximate surface area is 153 Å². The van der Waals surface area contributed by atoms with Gasteiger partial charge in [-0.25, -0.2) is 4.79 Å².